The molecule has 23 heavy (non-hydrogen) atoms. The normalized spacial score (nSPS) is 11.3. The Morgan fingerprint density at radius 3 is 2.52 bits per heavy atom. The molecule has 2 heterocycles. The first-order chi connectivity index (χ1) is 11.1. The summed E-state index contributed by atoms with van der Waals surface area (Å²) in [6.45, 7) is 6.40. The number of hydrogen-bond acceptors (Lipinski definition) is 3. The molecule has 0 fully saturated rings. The van der Waals surface area contributed by atoms with Crippen LogP contribution in [0.3, 0.4) is 0 Å². The molecular formula is C19H17N3O. The topological polar surface area (TPSA) is 43.9 Å². The summed E-state index contributed by atoms with van der Waals surface area (Å²) in [4.78, 5) is 8.73. The molecule has 0 aliphatic carbocycles. The number of rotatable bonds is 2. The van der Waals surface area contributed by atoms with Crippen molar-refractivity contribution in [2.75, 3.05) is 0 Å². The monoisotopic (exact) mass is 303 g/mol. The van der Waals surface area contributed by atoms with Crippen LogP contribution < -0.4 is 0 Å². The predicted molar refractivity (Wildman–Crippen MR) is 90.8 cm³/mol. The Bertz CT molecular complexity index is 987. The van der Waals surface area contributed by atoms with Crippen molar-refractivity contribution >= 4 is 11.1 Å². The van der Waals surface area contributed by atoms with Crippen LogP contribution in [0.5, 0.6) is 0 Å². The molecule has 4 rings (SSSR count). The fourth-order valence-corrected chi connectivity index (χ4v) is 3.24. The molecule has 0 aliphatic heterocycles. The quantitative estimate of drug-likeness (QED) is 0.543. The van der Waals surface area contributed by atoms with E-state index in [0.717, 1.165) is 22.5 Å². The third kappa shape index (κ3) is 2.23. The second-order valence-corrected chi connectivity index (χ2v) is 5.90. The molecular weight excluding hydrogens is 286 g/mol. The molecule has 4 aromatic rings. The van der Waals surface area contributed by atoms with Crippen molar-refractivity contribution in [2.24, 2.45) is 0 Å². The molecule has 0 unspecified atom stereocenters. The minimum absolute atomic E-state index is 0.773. The highest BCUT2D eigenvalue weighted by Gasteiger charge is 2.13. The number of imidazole rings is 1. The molecule has 0 saturated heterocycles. The molecule has 4 nitrogen and oxygen atoms in total. The summed E-state index contributed by atoms with van der Waals surface area (Å²) >= 11 is 0. The van der Waals surface area contributed by atoms with Crippen LogP contribution in [0, 0.1) is 20.8 Å². The maximum Gasteiger partial charge on any atom is 0.181 e. The average Bonchev–Trinajstić information content (AvgIpc) is 3.13. The highest BCUT2D eigenvalue weighted by molar-refractivity contribution is 5.78. The molecule has 0 amide bonds. The van der Waals surface area contributed by atoms with Crippen LogP contribution in [0.25, 0.3) is 28.2 Å². The van der Waals surface area contributed by atoms with Gasteiger partial charge in [-0.2, -0.15) is 0 Å². The summed E-state index contributed by atoms with van der Waals surface area (Å²) in [6.07, 6.45) is 5.30. The van der Waals surface area contributed by atoms with E-state index in [2.05, 4.69) is 47.4 Å². The standard InChI is InChI=1S/C19H17N3O/c1-12-8-13(2)18(14(3)9-12)22-7-6-20-19(22)15-4-5-16-17(10-15)23-11-21-16/h4-11H,1-3H3. The fourth-order valence-electron chi connectivity index (χ4n) is 3.24. The van der Waals surface area contributed by atoms with Crippen LogP contribution >= 0.6 is 0 Å². The fraction of sp³-hybridized carbons (Fsp3) is 0.158. The van der Waals surface area contributed by atoms with Gasteiger partial charge in [-0.05, 0) is 50.1 Å². The van der Waals surface area contributed by atoms with Gasteiger partial charge in [0.1, 0.15) is 11.3 Å². The van der Waals surface area contributed by atoms with Crippen molar-refractivity contribution < 1.29 is 4.42 Å². The molecule has 0 spiro atoms. The number of aryl methyl sites for hydroxylation is 3. The predicted octanol–water partition coefficient (Wildman–Crippen LogP) is 4.61. The lowest BCUT2D eigenvalue weighted by molar-refractivity contribution is 0.602. The van der Waals surface area contributed by atoms with E-state index in [9.17, 15) is 0 Å². The molecule has 0 aliphatic rings. The van der Waals surface area contributed by atoms with Crippen molar-refractivity contribution in [3.63, 3.8) is 0 Å². The van der Waals surface area contributed by atoms with Crippen molar-refractivity contribution in [2.45, 2.75) is 20.8 Å². The molecule has 0 saturated carbocycles. The number of benzene rings is 2. The number of hydrogen-bond donors (Lipinski definition) is 0. The molecule has 0 N–H and O–H groups in total. The minimum Gasteiger partial charge on any atom is -0.443 e. The SMILES string of the molecule is Cc1cc(C)c(-n2ccnc2-c2ccc3ncoc3c2)c(C)c1. The molecule has 4 heteroatoms. The number of fused-ring (bicyclic) bond motifs is 1. The Kier molecular flexibility index (Phi) is 3.05. The van der Waals surface area contributed by atoms with E-state index in [4.69, 9.17) is 4.42 Å². The summed E-state index contributed by atoms with van der Waals surface area (Å²) in [5.41, 5.74) is 7.57. The first-order valence-corrected chi connectivity index (χ1v) is 7.58. The zero-order chi connectivity index (χ0) is 16.0. The van der Waals surface area contributed by atoms with E-state index >= 15 is 0 Å². The molecule has 0 atom stereocenters. The maximum atomic E-state index is 5.42. The lowest BCUT2D eigenvalue weighted by Gasteiger charge is -2.15. The van der Waals surface area contributed by atoms with Crippen LogP contribution in [-0.4, -0.2) is 14.5 Å². The van der Waals surface area contributed by atoms with Crippen molar-refractivity contribution in [3.8, 4) is 17.1 Å². The average molecular weight is 303 g/mol. The zero-order valence-corrected chi connectivity index (χ0v) is 13.4. The Morgan fingerprint density at radius 1 is 0.957 bits per heavy atom. The highest BCUT2D eigenvalue weighted by Crippen LogP contribution is 2.28. The first-order valence-electron chi connectivity index (χ1n) is 7.58. The summed E-state index contributed by atoms with van der Waals surface area (Å²) in [6, 6.07) is 10.4. The lowest BCUT2D eigenvalue weighted by atomic mass is 10.0. The molecule has 114 valence electrons. The molecule has 2 aromatic carbocycles. The minimum atomic E-state index is 0.773. The van der Waals surface area contributed by atoms with Gasteiger partial charge in [0.15, 0.2) is 12.0 Å². The van der Waals surface area contributed by atoms with Crippen LogP contribution in [0.2, 0.25) is 0 Å². The summed E-state index contributed by atoms with van der Waals surface area (Å²) in [5, 5.41) is 0. The van der Waals surface area contributed by atoms with Gasteiger partial charge in [-0.1, -0.05) is 17.7 Å². The van der Waals surface area contributed by atoms with Crippen molar-refractivity contribution in [3.05, 3.63) is 65.8 Å². The van der Waals surface area contributed by atoms with Crippen LogP contribution in [0.15, 0.2) is 53.5 Å². The summed E-state index contributed by atoms with van der Waals surface area (Å²) in [5.74, 6) is 0.901. The number of nitrogens with zero attached hydrogens (tertiary/aromatic N) is 3. The van der Waals surface area contributed by atoms with Gasteiger partial charge in [0.05, 0.1) is 5.69 Å². The second kappa shape index (κ2) is 5.09. The van der Waals surface area contributed by atoms with Crippen LogP contribution in [0.1, 0.15) is 16.7 Å². The third-order valence-electron chi connectivity index (χ3n) is 4.11. The van der Waals surface area contributed by atoms with Gasteiger partial charge in [0, 0.05) is 18.0 Å². The van der Waals surface area contributed by atoms with Gasteiger partial charge in [0.2, 0.25) is 0 Å². The Balaban J connectivity index is 1.92. The van der Waals surface area contributed by atoms with E-state index < -0.39 is 0 Å². The van der Waals surface area contributed by atoms with Crippen molar-refractivity contribution in [1.29, 1.82) is 0 Å². The van der Waals surface area contributed by atoms with Crippen LogP contribution in [0.4, 0.5) is 0 Å². The third-order valence-corrected chi connectivity index (χ3v) is 4.11. The van der Waals surface area contributed by atoms with Gasteiger partial charge in [-0.3, -0.25) is 4.57 Å². The zero-order valence-electron chi connectivity index (χ0n) is 13.4. The van der Waals surface area contributed by atoms with E-state index in [1.807, 2.05) is 30.6 Å². The summed E-state index contributed by atoms with van der Waals surface area (Å²) in [7, 11) is 0. The highest BCUT2D eigenvalue weighted by atomic mass is 16.3. The second-order valence-electron chi connectivity index (χ2n) is 5.90. The number of aromatic nitrogens is 3. The molecule has 2 aromatic heterocycles. The van der Waals surface area contributed by atoms with E-state index in [-0.39, 0.29) is 0 Å². The molecule has 0 bridgehead atoms. The van der Waals surface area contributed by atoms with Crippen LogP contribution in [-0.2, 0) is 0 Å². The lowest BCUT2D eigenvalue weighted by Crippen LogP contribution is -2.02. The largest absolute Gasteiger partial charge is 0.443 e. The first kappa shape index (κ1) is 13.8. The summed E-state index contributed by atoms with van der Waals surface area (Å²) < 4.78 is 7.56. The van der Waals surface area contributed by atoms with E-state index in [1.54, 1.807) is 0 Å². The van der Waals surface area contributed by atoms with Crippen molar-refractivity contribution in [1.82, 2.24) is 14.5 Å². The Hall–Kier alpha value is -2.88. The molecule has 0 radical (unpaired) electrons. The van der Waals surface area contributed by atoms with Gasteiger partial charge in [0.25, 0.3) is 0 Å². The Morgan fingerprint density at radius 2 is 1.74 bits per heavy atom. The maximum absolute atomic E-state index is 5.42. The van der Waals surface area contributed by atoms with Gasteiger partial charge in [-0.25, -0.2) is 9.97 Å². The van der Waals surface area contributed by atoms with Gasteiger partial charge < -0.3 is 4.42 Å². The van der Waals surface area contributed by atoms with E-state index in [1.165, 1.54) is 28.8 Å². The van der Waals surface area contributed by atoms with Gasteiger partial charge >= 0.3 is 0 Å². The van der Waals surface area contributed by atoms with E-state index in [0.29, 0.717) is 0 Å². The Labute approximate surface area is 134 Å². The smallest absolute Gasteiger partial charge is 0.181 e. The number of oxazole rings is 1. The van der Waals surface area contributed by atoms with Gasteiger partial charge in [-0.15, -0.1) is 0 Å².